The minimum Gasteiger partial charge on any atom is -0.493 e. The van der Waals surface area contributed by atoms with E-state index in [1.807, 2.05) is 13.0 Å². The number of benzene rings is 1. The summed E-state index contributed by atoms with van der Waals surface area (Å²) in [5.41, 5.74) is 7.72. The van der Waals surface area contributed by atoms with Crippen LogP contribution in [0.2, 0.25) is 0 Å². The molecule has 2 N–H and O–H groups in total. The molecule has 0 saturated heterocycles. The third kappa shape index (κ3) is 2.20. The molecular weight excluding hydrogens is 244 g/mol. The summed E-state index contributed by atoms with van der Waals surface area (Å²) < 4.78 is 17.0. The Morgan fingerprint density at radius 2 is 2.26 bits per heavy atom. The van der Waals surface area contributed by atoms with E-state index in [4.69, 9.17) is 19.9 Å². The molecule has 2 aliphatic rings. The number of hydrogen-bond donors (Lipinski definition) is 1. The lowest BCUT2D eigenvalue weighted by Gasteiger charge is -2.16. The SMILES string of the molecule is CCOc1cc2c(cc1C1CN=C(N)O1)OC(C)C2. The molecule has 0 bridgehead atoms. The Kier molecular flexibility index (Phi) is 2.97. The van der Waals surface area contributed by atoms with E-state index in [1.165, 1.54) is 5.56 Å². The van der Waals surface area contributed by atoms with E-state index in [1.54, 1.807) is 0 Å². The third-order valence-corrected chi connectivity index (χ3v) is 3.35. The van der Waals surface area contributed by atoms with Gasteiger partial charge in [-0.1, -0.05) is 0 Å². The summed E-state index contributed by atoms with van der Waals surface area (Å²) in [5.74, 6) is 1.76. The maximum atomic E-state index is 5.79. The van der Waals surface area contributed by atoms with Gasteiger partial charge in [-0.05, 0) is 26.0 Å². The van der Waals surface area contributed by atoms with Crippen LogP contribution in [0.5, 0.6) is 11.5 Å². The zero-order chi connectivity index (χ0) is 13.4. The lowest BCUT2D eigenvalue weighted by molar-refractivity contribution is 0.215. The average Bonchev–Trinajstić information content (AvgIpc) is 2.93. The zero-order valence-corrected chi connectivity index (χ0v) is 11.2. The van der Waals surface area contributed by atoms with E-state index in [0.717, 1.165) is 23.5 Å². The minimum absolute atomic E-state index is 0.175. The molecule has 102 valence electrons. The van der Waals surface area contributed by atoms with Crippen LogP contribution in [0.15, 0.2) is 17.1 Å². The predicted octanol–water partition coefficient (Wildman–Crippen LogP) is 1.79. The van der Waals surface area contributed by atoms with Gasteiger partial charge in [0, 0.05) is 17.5 Å². The summed E-state index contributed by atoms with van der Waals surface area (Å²) in [7, 11) is 0. The zero-order valence-electron chi connectivity index (χ0n) is 11.2. The van der Waals surface area contributed by atoms with Crippen molar-refractivity contribution in [2.45, 2.75) is 32.5 Å². The van der Waals surface area contributed by atoms with Gasteiger partial charge in [0.2, 0.25) is 0 Å². The first kappa shape index (κ1) is 12.1. The number of rotatable bonds is 3. The first-order valence-corrected chi connectivity index (χ1v) is 6.60. The summed E-state index contributed by atoms with van der Waals surface area (Å²) in [6.07, 6.45) is 0.955. The Morgan fingerprint density at radius 1 is 1.42 bits per heavy atom. The quantitative estimate of drug-likeness (QED) is 0.902. The molecular formula is C14H18N2O3. The first-order chi connectivity index (χ1) is 9.17. The van der Waals surface area contributed by atoms with Crippen molar-refractivity contribution in [2.24, 2.45) is 10.7 Å². The second-order valence-corrected chi connectivity index (χ2v) is 4.85. The van der Waals surface area contributed by atoms with Gasteiger partial charge in [-0.15, -0.1) is 0 Å². The van der Waals surface area contributed by atoms with Gasteiger partial charge in [-0.2, -0.15) is 0 Å². The van der Waals surface area contributed by atoms with Crippen LogP contribution in [0.3, 0.4) is 0 Å². The summed E-state index contributed by atoms with van der Waals surface area (Å²) in [6.45, 7) is 5.18. The molecule has 5 nitrogen and oxygen atoms in total. The number of aliphatic imine (C=N–C) groups is 1. The van der Waals surface area contributed by atoms with Gasteiger partial charge in [0.1, 0.15) is 17.6 Å². The number of nitrogens with zero attached hydrogens (tertiary/aromatic N) is 1. The van der Waals surface area contributed by atoms with Crippen LogP contribution in [0, 0.1) is 0 Å². The Balaban J connectivity index is 1.96. The van der Waals surface area contributed by atoms with Gasteiger partial charge in [-0.3, -0.25) is 0 Å². The standard InChI is InChI=1S/C14H18N2O3/c1-3-17-12-5-9-4-8(2)18-11(9)6-10(12)13-7-16-14(15)19-13/h5-6,8,13H,3-4,7H2,1-2H3,(H2,15,16). The number of fused-ring (bicyclic) bond motifs is 1. The number of nitrogens with two attached hydrogens (primary N) is 1. The number of ether oxygens (including phenoxy) is 3. The average molecular weight is 262 g/mol. The summed E-state index contributed by atoms with van der Waals surface area (Å²) >= 11 is 0. The molecule has 2 atom stereocenters. The molecule has 3 rings (SSSR count). The van der Waals surface area contributed by atoms with Crippen LogP contribution in [0.25, 0.3) is 0 Å². The molecule has 2 heterocycles. The Bertz CT molecular complexity index is 528. The van der Waals surface area contributed by atoms with Crippen LogP contribution >= 0.6 is 0 Å². The van der Waals surface area contributed by atoms with E-state index in [0.29, 0.717) is 13.2 Å². The van der Waals surface area contributed by atoms with Crippen molar-refractivity contribution in [3.05, 3.63) is 23.3 Å². The van der Waals surface area contributed by atoms with Crippen molar-refractivity contribution in [2.75, 3.05) is 13.2 Å². The van der Waals surface area contributed by atoms with E-state index in [9.17, 15) is 0 Å². The molecule has 0 fully saturated rings. The Morgan fingerprint density at radius 3 is 2.95 bits per heavy atom. The van der Waals surface area contributed by atoms with Crippen LogP contribution in [0.4, 0.5) is 0 Å². The lowest BCUT2D eigenvalue weighted by Crippen LogP contribution is -2.14. The molecule has 2 aliphatic heterocycles. The van der Waals surface area contributed by atoms with Crippen LogP contribution < -0.4 is 15.2 Å². The van der Waals surface area contributed by atoms with Crippen LogP contribution in [-0.2, 0) is 11.2 Å². The van der Waals surface area contributed by atoms with E-state index < -0.39 is 0 Å². The highest BCUT2D eigenvalue weighted by atomic mass is 16.5. The van der Waals surface area contributed by atoms with Gasteiger partial charge in [0.05, 0.1) is 13.2 Å². The molecule has 2 unspecified atom stereocenters. The highest BCUT2D eigenvalue weighted by molar-refractivity contribution is 5.73. The molecule has 0 amide bonds. The maximum Gasteiger partial charge on any atom is 0.282 e. The molecule has 1 aromatic carbocycles. The van der Waals surface area contributed by atoms with Gasteiger partial charge in [-0.25, -0.2) is 4.99 Å². The molecule has 5 heteroatoms. The summed E-state index contributed by atoms with van der Waals surface area (Å²) in [6, 6.07) is 4.29. The van der Waals surface area contributed by atoms with Crippen molar-refractivity contribution in [3.63, 3.8) is 0 Å². The molecule has 0 saturated carbocycles. The predicted molar refractivity (Wildman–Crippen MR) is 71.7 cm³/mol. The van der Waals surface area contributed by atoms with Crippen molar-refractivity contribution in [1.82, 2.24) is 0 Å². The van der Waals surface area contributed by atoms with Crippen LogP contribution in [-0.4, -0.2) is 25.3 Å². The maximum absolute atomic E-state index is 5.79. The molecule has 19 heavy (non-hydrogen) atoms. The van der Waals surface area contributed by atoms with Gasteiger partial charge in [0.25, 0.3) is 6.02 Å². The first-order valence-electron chi connectivity index (χ1n) is 6.60. The number of hydrogen-bond acceptors (Lipinski definition) is 5. The van der Waals surface area contributed by atoms with E-state index >= 15 is 0 Å². The topological polar surface area (TPSA) is 66.1 Å². The molecule has 0 spiro atoms. The summed E-state index contributed by atoms with van der Waals surface area (Å²) in [4.78, 5) is 4.08. The smallest absolute Gasteiger partial charge is 0.282 e. The van der Waals surface area contributed by atoms with Crippen molar-refractivity contribution in [3.8, 4) is 11.5 Å². The highest BCUT2D eigenvalue weighted by Crippen LogP contribution is 2.39. The third-order valence-electron chi connectivity index (χ3n) is 3.35. The largest absolute Gasteiger partial charge is 0.493 e. The fourth-order valence-electron chi connectivity index (χ4n) is 2.54. The fourth-order valence-corrected chi connectivity index (χ4v) is 2.54. The molecule has 0 radical (unpaired) electrons. The Labute approximate surface area is 112 Å². The lowest BCUT2D eigenvalue weighted by atomic mass is 10.0. The normalized spacial score (nSPS) is 24.4. The minimum atomic E-state index is -0.175. The second-order valence-electron chi connectivity index (χ2n) is 4.85. The summed E-state index contributed by atoms with van der Waals surface area (Å²) in [5, 5.41) is 0. The van der Waals surface area contributed by atoms with Gasteiger partial charge < -0.3 is 19.9 Å². The van der Waals surface area contributed by atoms with Gasteiger partial charge >= 0.3 is 0 Å². The highest BCUT2D eigenvalue weighted by Gasteiger charge is 2.28. The van der Waals surface area contributed by atoms with Crippen molar-refractivity contribution >= 4 is 6.02 Å². The van der Waals surface area contributed by atoms with Crippen molar-refractivity contribution < 1.29 is 14.2 Å². The van der Waals surface area contributed by atoms with E-state index in [-0.39, 0.29) is 18.2 Å². The van der Waals surface area contributed by atoms with Crippen LogP contribution in [0.1, 0.15) is 31.1 Å². The fraction of sp³-hybridized carbons (Fsp3) is 0.500. The van der Waals surface area contributed by atoms with Gasteiger partial charge in [0.15, 0.2) is 6.10 Å². The molecule has 1 aromatic rings. The second kappa shape index (κ2) is 4.64. The van der Waals surface area contributed by atoms with Crippen molar-refractivity contribution in [1.29, 1.82) is 0 Å². The number of amidine groups is 1. The Hall–Kier alpha value is -1.91. The molecule has 0 aliphatic carbocycles. The van der Waals surface area contributed by atoms with E-state index in [2.05, 4.69) is 18.0 Å². The monoisotopic (exact) mass is 262 g/mol. The molecule has 0 aromatic heterocycles.